The second-order valence-electron chi connectivity index (χ2n) is 3.65. The molecule has 2 aromatic carbocycles. The number of carboxylic acids is 1. The molecular formula is C12H10O4. The molecule has 0 aliphatic rings. The second-order valence-corrected chi connectivity index (χ2v) is 3.65. The first kappa shape index (κ1) is 10.3. The minimum absolute atomic E-state index is 0.296. The van der Waals surface area contributed by atoms with Crippen LogP contribution in [0.4, 0.5) is 0 Å². The first-order chi connectivity index (χ1) is 7.50. The van der Waals surface area contributed by atoms with E-state index in [4.69, 9.17) is 5.11 Å². The molecule has 3 N–H and O–H groups in total. The van der Waals surface area contributed by atoms with Crippen LogP contribution in [0.15, 0.2) is 24.3 Å². The van der Waals surface area contributed by atoms with Crippen LogP contribution >= 0.6 is 0 Å². The molecule has 0 bridgehead atoms. The number of aromatic carboxylic acids is 1. The Kier molecular flexibility index (Phi) is 2.20. The highest BCUT2D eigenvalue weighted by molar-refractivity contribution is 6.01. The Labute approximate surface area is 91.4 Å². The molecule has 0 heterocycles. The van der Waals surface area contributed by atoms with E-state index >= 15 is 0 Å². The molecule has 2 rings (SSSR count). The molecule has 0 aromatic heterocycles. The zero-order valence-corrected chi connectivity index (χ0v) is 8.56. The number of phenolic OH excluding ortho intramolecular Hbond substituents is 1. The Morgan fingerprint density at radius 2 is 1.81 bits per heavy atom. The lowest BCUT2D eigenvalue weighted by atomic mass is 10.0. The van der Waals surface area contributed by atoms with E-state index in [1.807, 2.05) is 6.92 Å². The van der Waals surface area contributed by atoms with Crippen molar-refractivity contribution >= 4 is 16.7 Å². The fourth-order valence-electron chi connectivity index (χ4n) is 1.66. The van der Waals surface area contributed by atoms with Crippen LogP contribution in [0.3, 0.4) is 0 Å². The summed E-state index contributed by atoms with van der Waals surface area (Å²) in [5.74, 6) is -2.25. The fourth-order valence-corrected chi connectivity index (χ4v) is 1.66. The maximum atomic E-state index is 10.8. The minimum Gasteiger partial charge on any atom is -0.504 e. The summed E-state index contributed by atoms with van der Waals surface area (Å²) in [5, 5.41) is 29.0. The normalized spacial score (nSPS) is 10.6. The van der Waals surface area contributed by atoms with Gasteiger partial charge in [-0.25, -0.2) is 4.79 Å². The summed E-state index contributed by atoms with van der Waals surface area (Å²) >= 11 is 0. The molecule has 0 radical (unpaired) electrons. The van der Waals surface area contributed by atoms with Crippen molar-refractivity contribution in [3.8, 4) is 11.5 Å². The van der Waals surface area contributed by atoms with Crippen molar-refractivity contribution in [2.75, 3.05) is 0 Å². The van der Waals surface area contributed by atoms with Crippen LogP contribution in [0.5, 0.6) is 11.5 Å². The number of aromatic hydroxyl groups is 2. The van der Waals surface area contributed by atoms with Gasteiger partial charge in [-0.05, 0) is 18.4 Å². The van der Waals surface area contributed by atoms with Crippen molar-refractivity contribution in [1.82, 2.24) is 0 Å². The van der Waals surface area contributed by atoms with E-state index in [-0.39, 0.29) is 5.56 Å². The molecule has 0 aliphatic heterocycles. The molecule has 0 fully saturated rings. The van der Waals surface area contributed by atoms with Gasteiger partial charge in [-0.3, -0.25) is 0 Å². The van der Waals surface area contributed by atoms with E-state index in [2.05, 4.69) is 0 Å². The highest BCUT2D eigenvalue weighted by Crippen LogP contribution is 2.37. The van der Waals surface area contributed by atoms with Crippen molar-refractivity contribution in [3.63, 3.8) is 0 Å². The third-order valence-corrected chi connectivity index (χ3v) is 2.47. The number of fused-ring (bicyclic) bond motifs is 1. The van der Waals surface area contributed by atoms with Gasteiger partial charge in [0.15, 0.2) is 11.5 Å². The van der Waals surface area contributed by atoms with E-state index in [0.717, 1.165) is 5.56 Å². The molecule has 2 aromatic rings. The maximum absolute atomic E-state index is 10.8. The van der Waals surface area contributed by atoms with Crippen LogP contribution in [-0.4, -0.2) is 21.3 Å². The minimum atomic E-state index is -1.27. The van der Waals surface area contributed by atoms with Gasteiger partial charge >= 0.3 is 5.97 Å². The molecule has 0 saturated heterocycles. The molecule has 0 unspecified atom stereocenters. The molecule has 0 spiro atoms. The van der Waals surface area contributed by atoms with Gasteiger partial charge in [-0.1, -0.05) is 23.8 Å². The van der Waals surface area contributed by atoms with Crippen LogP contribution in [-0.2, 0) is 0 Å². The van der Waals surface area contributed by atoms with Crippen LogP contribution < -0.4 is 0 Å². The van der Waals surface area contributed by atoms with Gasteiger partial charge in [0.25, 0.3) is 0 Å². The van der Waals surface area contributed by atoms with Crippen molar-refractivity contribution in [2.24, 2.45) is 0 Å². The lowest BCUT2D eigenvalue weighted by Gasteiger charge is -2.07. The monoisotopic (exact) mass is 218 g/mol. The fraction of sp³-hybridized carbons (Fsp3) is 0.0833. The average molecular weight is 218 g/mol. The van der Waals surface area contributed by atoms with Gasteiger partial charge in [0.05, 0.1) is 0 Å². The summed E-state index contributed by atoms with van der Waals surface area (Å²) in [5.41, 5.74) is 0.657. The lowest BCUT2D eigenvalue weighted by Crippen LogP contribution is -1.97. The molecular weight excluding hydrogens is 208 g/mol. The van der Waals surface area contributed by atoms with E-state index in [0.29, 0.717) is 10.8 Å². The third-order valence-electron chi connectivity index (χ3n) is 2.47. The van der Waals surface area contributed by atoms with E-state index in [9.17, 15) is 15.0 Å². The van der Waals surface area contributed by atoms with Gasteiger partial charge in [0.1, 0.15) is 5.56 Å². The lowest BCUT2D eigenvalue weighted by molar-refractivity contribution is 0.0693. The summed E-state index contributed by atoms with van der Waals surface area (Å²) in [4.78, 5) is 10.8. The molecule has 0 aliphatic carbocycles. The summed E-state index contributed by atoms with van der Waals surface area (Å²) in [6.45, 7) is 1.86. The predicted octanol–water partition coefficient (Wildman–Crippen LogP) is 2.26. The second kappa shape index (κ2) is 3.41. The van der Waals surface area contributed by atoms with Crippen LogP contribution in [0.25, 0.3) is 10.8 Å². The zero-order valence-electron chi connectivity index (χ0n) is 8.56. The Morgan fingerprint density at radius 1 is 1.12 bits per heavy atom. The topological polar surface area (TPSA) is 77.8 Å². The number of hydrogen-bond donors (Lipinski definition) is 3. The van der Waals surface area contributed by atoms with Gasteiger partial charge in [0, 0.05) is 5.39 Å². The summed E-state index contributed by atoms with van der Waals surface area (Å²) in [6, 6.07) is 6.52. The van der Waals surface area contributed by atoms with E-state index < -0.39 is 17.5 Å². The highest BCUT2D eigenvalue weighted by Gasteiger charge is 2.16. The maximum Gasteiger partial charge on any atom is 0.339 e. The van der Waals surface area contributed by atoms with Gasteiger partial charge in [-0.2, -0.15) is 0 Å². The highest BCUT2D eigenvalue weighted by atomic mass is 16.4. The molecule has 4 heteroatoms. The zero-order chi connectivity index (χ0) is 11.9. The Hall–Kier alpha value is -2.23. The molecule has 82 valence electrons. The van der Waals surface area contributed by atoms with Crippen molar-refractivity contribution < 1.29 is 20.1 Å². The number of hydrogen-bond acceptors (Lipinski definition) is 3. The van der Waals surface area contributed by atoms with E-state index in [1.54, 1.807) is 18.2 Å². The molecule has 0 amide bonds. The van der Waals surface area contributed by atoms with E-state index in [1.165, 1.54) is 6.07 Å². The predicted molar refractivity (Wildman–Crippen MR) is 59.0 cm³/mol. The van der Waals surface area contributed by atoms with Crippen molar-refractivity contribution in [2.45, 2.75) is 6.92 Å². The Morgan fingerprint density at radius 3 is 2.44 bits per heavy atom. The number of rotatable bonds is 1. The number of carbonyl (C=O) groups is 1. The van der Waals surface area contributed by atoms with Crippen LogP contribution in [0, 0.1) is 6.92 Å². The van der Waals surface area contributed by atoms with Gasteiger partial charge in [0.2, 0.25) is 0 Å². The first-order valence-electron chi connectivity index (χ1n) is 4.69. The quantitative estimate of drug-likeness (QED) is 0.641. The number of aryl methyl sites for hydroxylation is 1. The standard InChI is InChI=1S/C12H10O4/c1-6-2-3-8-7(4-6)5-9(12(15)16)11(14)10(8)13/h2-5,13-14H,1H3,(H,15,16). The van der Waals surface area contributed by atoms with Gasteiger partial charge < -0.3 is 15.3 Å². The molecule has 0 saturated carbocycles. The summed E-state index contributed by atoms with van der Waals surface area (Å²) < 4.78 is 0. The third kappa shape index (κ3) is 1.44. The largest absolute Gasteiger partial charge is 0.504 e. The SMILES string of the molecule is Cc1ccc2c(O)c(O)c(C(=O)O)cc2c1. The number of benzene rings is 2. The number of carboxylic acid groups (broad SMARTS) is 1. The summed E-state index contributed by atoms with van der Waals surface area (Å²) in [6.07, 6.45) is 0. The Bertz CT molecular complexity index is 587. The average Bonchev–Trinajstić information content (AvgIpc) is 2.22. The first-order valence-corrected chi connectivity index (χ1v) is 4.69. The summed E-state index contributed by atoms with van der Waals surface area (Å²) in [7, 11) is 0. The van der Waals surface area contributed by atoms with Crippen molar-refractivity contribution in [1.29, 1.82) is 0 Å². The van der Waals surface area contributed by atoms with Crippen LogP contribution in [0.2, 0.25) is 0 Å². The molecule has 0 atom stereocenters. The molecule has 16 heavy (non-hydrogen) atoms. The molecule has 4 nitrogen and oxygen atoms in total. The smallest absolute Gasteiger partial charge is 0.339 e. The Balaban J connectivity index is 2.88. The van der Waals surface area contributed by atoms with Crippen molar-refractivity contribution in [3.05, 3.63) is 35.4 Å². The van der Waals surface area contributed by atoms with Gasteiger partial charge in [-0.15, -0.1) is 0 Å². The number of phenols is 2. The van der Waals surface area contributed by atoms with Crippen LogP contribution in [0.1, 0.15) is 15.9 Å².